The Morgan fingerprint density at radius 3 is 2.16 bits per heavy atom. The minimum absolute atomic E-state index is 0.164. The minimum atomic E-state index is -2.79. The molecule has 2 N–H and O–H groups in total. The zero-order chi connectivity index (χ0) is 24.4. The van der Waals surface area contributed by atoms with Crippen LogP contribution in [-0.2, 0) is 13.3 Å². The molecule has 3 atom stereocenters. The molecule has 1 aromatic rings. The summed E-state index contributed by atoms with van der Waals surface area (Å²) in [7, 11) is -4.40. The summed E-state index contributed by atoms with van der Waals surface area (Å²) in [4.78, 5) is 26.1. The van der Waals surface area contributed by atoms with Crippen molar-refractivity contribution in [3.63, 3.8) is 0 Å². The molecule has 1 aliphatic heterocycles. The maximum atomic E-state index is 12.3. The van der Waals surface area contributed by atoms with E-state index in [1.54, 1.807) is 0 Å². The van der Waals surface area contributed by atoms with E-state index in [-0.39, 0.29) is 17.7 Å². The summed E-state index contributed by atoms with van der Waals surface area (Å²) in [5.41, 5.74) is 0.681. The first-order valence-corrected chi connectivity index (χ1v) is 15.2. The summed E-state index contributed by atoms with van der Waals surface area (Å²) >= 11 is 0. The monoisotopic (exact) mass is 484 g/mol. The van der Waals surface area contributed by atoms with Gasteiger partial charge in [0.1, 0.15) is 12.2 Å². The Hall–Kier alpha value is -1.31. The van der Waals surface area contributed by atoms with Crippen LogP contribution in [0.4, 0.5) is 0 Å². The Labute approximate surface area is 193 Å². The van der Waals surface area contributed by atoms with Crippen molar-refractivity contribution in [1.82, 2.24) is 9.55 Å². The number of hydrogen-bond acceptors (Lipinski definition) is 6. The van der Waals surface area contributed by atoms with Crippen LogP contribution in [-0.4, -0.2) is 51.1 Å². The van der Waals surface area contributed by atoms with Crippen molar-refractivity contribution in [3.05, 3.63) is 45.3 Å². The Morgan fingerprint density at radius 1 is 1.16 bits per heavy atom. The first-order chi connectivity index (χ1) is 14.8. The van der Waals surface area contributed by atoms with E-state index in [0.717, 1.165) is 0 Å². The van der Waals surface area contributed by atoms with Gasteiger partial charge in [-0.25, -0.2) is 4.79 Å². The molecule has 0 radical (unpaired) electrons. The van der Waals surface area contributed by atoms with Gasteiger partial charge in [-0.1, -0.05) is 62.0 Å². The van der Waals surface area contributed by atoms with E-state index in [2.05, 4.69) is 67.0 Å². The number of aliphatic hydroxyl groups excluding tert-OH is 1. The SMILES string of the molecule is C=C1C(O[Si](O[SiH](C(C)C)C(C)C)(C(C)C)C(C)C)C(CO)OC1n1ccc(=O)[nH]c1=O. The standard InChI is InChI=1S/C22H40N2O6Si2/c1-13(2)31(14(3)4)30-32(15(5)6,16(7)8)29-20-17(9)21(28-18(20)12-25)24-11-10-19(26)23-22(24)27/h10-11,13-16,18,20-21,25,31H,9,12H2,1-8H3,(H,23,26,27). The molecular formula is C22H40N2O6Si2. The first kappa shape index (κ1) is 26.9. The first-order valence-electron chi connectivity index (χ1n) is 11.5. The summed E-state index contributed by atoms with van der Waals surface area (Å²) in [5, 5.41) is 10.1. The third-order valence-electron chi connectivity index (χ3n) is 6.16. The third kappa shape index (κ3) is 5.42. The summed E-state index contributed by atoms with van der Waals surface area (Å²) in [6.07, 6.45) is -0.761. The molecule has 0 spiro atoms. The Bertz CT molecular complexity index is 879. The van der Waals surface area contributed by atoms with Gasteiger partial charge < -0.3 is 18.4 Å². The van der Waals surface area contributed by atoms with Gasteiger partial charge in [0, 0.05) is 17.8 Å². The molecule has 1 fully saturated rings. The number of aromatic amines is 1. The number of hydrogen-bond donors (Lipinski definition) is 2. The van der Waals surface area contributed by atoms with Crippen molar-refractivity contribution in [2.24, 2.45) is 0 Å². The molecule has 0 saturated carbocycles. The van der Waals surface area contributed by atoms with Crippen LogP contribution < -0.4 is 11.2 Å². The third-order valence-corrected chi connectivity index (χ3v) is 15.2. The molecule has 8 nitrogen and oxygen atoms in total. The highest BCUT2D eigenvalue weighted by atomic mass is 28.4. The Balaban J connectivity index is 2.45. The van der Waals surface area contributed by atoms with E-state index in [9.17, 15) is 14.7 Å². The lowest BCUT2D eigenvalue weighted by atomic mass is 10.1. The van der Waals surface area contributed by atoms with Crippen molar-refractivity contribution < 1.29 is 18.4 Å². The maximum Gasteiger partial charge on any atom is 0.333 e. The predicted molar refractivity (Wildman–Crippen MR) is 131 cm³/mol. The molecule has 2 heterocycles. The molecule has 1 aromatic heterocycles. The highest BCUT2D eigenvalue weighted by molar-refractivity contribution is 6.78. The number of aliphatic hydroxyl groups is 1. The van der Waals surface area contributed by atoms with E-state index in [1.165, 1.54) is 16.8 Å². The van der Waals surface area contributed by atoms with Gasteiger partial charge in [0.05, 0.1) is 6.61 Å². The average Bonchev–Trinajstić information content (AvgIpc) is 2.99. The van der Waals surface area contributed by atoms with Gasteiger partial charge in [0.2, 0.25) is 0 Å². The highest BCUT2D eigenvalue weighted by Crippen LogP contribution is 2.43. The molecule has 182 valence electrons. The lowest BCUT2D eigenvalue weighted by Crippen LogP contribution is -2.56. The van der Waals surface area contributed by atoms with Crippen LogP contribution in [0.3, 0.4) is 0 Å². The van der Waals surface area contributed by atoms with Crippen LogP contribution in [0, 0.1) is 0 Å². The molecule has 0 bridgehead atoms. The molecule has 0 aliphatic carbocycles. The van der Waals surface area contributed by atoms with Gasteiger partial charge in [-0.3, -0.25) is 14.3 Å². The normalized spacial score (nSPS) is 22.3. The van der Waals surface area contributed by atoms with E-state index in [0.29, 0.717) is 16.7 Å². The van der Waals surface area contributed by atoms with Crippen LogP contribution in [0.1, 0.15) is 61.6 Å². The average molecular weight is 485 g/mol. The lowest BCUT2D eigenvalue weighted by molar-refractivity contribution is -0.0454. The molecule has 10 heteroatoms. The number of nitrogens with one attached hydrogen (secondary N) is 1. The van der Waals surface area contributed by atoms with Crippen molar-refractivity contribution in [1.29, 1.82) is 0 Å². The maximum absolute atomic E-state index is 12.3. The fourth-order valence-electron chi connectivity index (χ4n) is 4.54. The van der Waals surface area contributed by atoms with Crippen LogP contribution in [0.15, 0.2) is 34.0 Å². The topological polar surface area (TPSA) is 103 Å². The molecule has 3 unspecified atom stereocenters. The number of aromatic nitrogens is 2. The van der Waals surface area contributed by atoms with Crippen molar-refractivity contribution in [2.45, 2.75) is 96.0 Å². The van der Waals surface area contributed by atoms with Gasteiger partial charge in [0.25, 0.3) is 5.56 Å². The van der Waals surface area contributed by atoms with E-state index in [4.69, 9.17) is 13.3 Å². The van der Waals surface area contributed by atoms with Crippen molar-refractivity contribution in [3.8, 4) is 0 Å². The van der Waals surface area contributed by atoms with E-state index >= 15 is 0 Å². The largest absolute Gasteiger partial charge is 0.437 e. The van der Waals surface area contributed by atoms with Crippen LogP contribution >= 0.6 is 0 Å². The van der Waals surface area contributed by atoms with Gasteiger partial charge in [-0.05, 0) is 22.2 Å². The summed E-state index contributed by atoms with van der Waals surface area (Å²) in [6, 6.07) is 1.26. The van der Waals surface area contributed by atoms with Crippen molar-refractivity contribution in [2.75, 3.05) is 6.61 Å². The Kier molecular flexibility index (Phi) is 9.05. The summed E-state index contributed by atoms with van der Waals surface area (Å²) in [5.74, 6) is 0. The predicted octanol–water partition coefficient (Wildman–Crippen LogP) is 3.19. The second kappa shape index (κ2) is 10.7. The molecule has 1 aliphatic rings. The van der Waals surface area contributed by atoms with Crippen molar-refractivity contribution >= 4 is 17.6 Å². The highest BCUT2D eigenvalue weighted by Gasteiger charge is 2.53. The number of H-pyrrole nitrogens is 1. The molecule has 0 amide bonds. The van der Waals surface area contributed by atoms with Gasteiger partial charge in [0.15, 0.2) is 15.3 Å². The smallest absolute Gasteiger partial charge is 0.333 e. The second-order valence-electron chi connectivity index (χ2n) is 9.94. The number of ether oxygens (including phenoxy) is 1. The second-order valence-corrected chi connectivity index (χ2v) is 18.5. The molecule has 0 aromatic carbocycles. The fraction of sp³-hybridized carbons (Fsp3) is 0.727. The number of nitrogens with zero attached hydrogens (tertiary/aromatic N) is 1. The molecule has 2 rings (SSSR count). The van der Waals surface area contributed by atoms with Gasteiger partial charge in [-0.2, -0.15) is 0 Å². The molecular weight excluding hydrogens is 444 g/mol. The zero-order valence-corrected chi connectivity index (χ0v) is 22.8. The van der Waals surface area contributed by atoms with Crippen LogP contribution in [0.25, 0.3) is 0 Å². The van der Waals surface area contributed by atoms with Gasteiger partial charge >= 0.3 is 14.3 Å². The molecule has 32 heavy (non-hydrogen) atoms. The Morgan fingerprint density at radius 2 is 1.72 bits per heavy atom. The quantitative estimate of drug-likeness (QED) is 0.391. The van der Waals surface area contributed by atoms with Gasteiger partial charge in [-0.15, -0.1) is 0 Å². The van der Waals surface area contributed by atoms with Crippen LogP contribution in [0.5, 0.6) is 0 Å². The van der Waals surface area contributed by atoms with Crippen LogP contribution in [0.2, 0.25) is 22.2 Å². The summed E-state index contributed by atoms with van der Waals surface area (Å²) < 4.78 is 21.2. The van der Waals surface area contributed by atoms with E-state index in [1.807, 2.05) is 0 Å². The number of rotatable bonds is 10. The fourth-order valence-corrected chi connectivity index (χ4v) is 14.9. The summed E-state index contributed by atoms with van der Waals surface area (Å²) in [6.45, 7) is 21.3. The zero-order valence-electron chi connectivity index (χ0n) is 20.6. The molecule has 1 saturated heterocycles. The lowest BCUT2D eigenvalue weighted by Gasteiger charge is -2.44. The minimum Gasteiger partial charge on any atom is -0.437 e. The van der Waals surface area contributed by atoms with E-state index < -0.39 is 47.3 Å².